The monoisotopic (exact) mass is 497 g/mol. The van der Waals surface area contributed by atoms with Gasteiger partial charge >= 0.3 is 0 Å². The Morgan fingerprint density at radius 3 is 2.46 bits per heavy atom. The SMILES string of the molecule is Cc1cccc2c1NC(C(=O)Nc1cccc(N3CCN(S(=O)(=O)C4CCC(N)CC4)CC3)c1)C2. The lowest BCUT2D eigenvalue weighted by Gasteiger charge is -2.38. The van der Waals surface area contributed by atoms with E-state index in [4.69, 9.17) is 5.73 Å². The molecule has 1 saturated carbocycles. The van der Waals surface area contributed by atoms with Gasteiger partial charge in [-0.15, -0.1) is 0 Å². The van der Waals surface area contributed by atoms with Crippen molar-refractivity contribution in [1.29, 1.82) is 0 Å². The van der Waals surface area contributed by atoms with Crippen LogP contribution in [-0.4, -0.2) is 62.1 Å². The van der Waals surface area contributed by atoms with E-state index in [1.807, 2.05) is 43.3 Å². The van der Waals surface area contributed by atoms with Crippen LogP contribution >= 0.6 is 0 Å². The molecule has 1 unspecified atom stereocenters. The lowest BCUT2D eigenvalue weighted by atomic mass is 9.96. The second-order valence-electron chi connectivity index (χ2n) is 10.0. The molecule has 188 valence electrons. The molecule has 2 aromatic rings. The number of benzene rings is 2. The van der Waals surface area contributed by atoms with Crippen molar-refractivity contribution in [3.8, 4) is 0 Å². The summed E-state index contributed by atoms with van der Waals surface area (Å²) in [6.07, 6.45) is 3.55. The largest absolute Gasteiger partial charge is 0.373 e. The Bertz CT molecular complexity index is 1190. The molecule has 0 bridgehead atoms. The first-order valence-corrected chi connectivity index (χ1v) is 14.1. The van der Waals surface area contributed by atoms with Crippen molar-refractivity contribution in [3.63, 3.8) is 0 Å². The Hall–Kier alpha value is -2.62. The predicted molar refractivity (Wildman–Crippen MR) is 140 cm³/mol. The van der Waals surface area contributed by atoms with Gasteiger partial charge in [0.05, 0.1) is 5.25 Å². The first-order chi connectivity index (χ1) is 16.8. The Morgan fingerprint density at radius 2 is 1.74 bits per heavy atom. The third-order valence-electron chi connectivity index (χ3n) is 7.64. The quantitative estimate of drug-likeness (QED) is 0.586. The van der Waals surface area contributed by atoms with Gasteiger partial charge in [0.1, 0.15) is 6.04 Å². The molecule has 0 radical (unpaired) electrons. The third kappa shape index (κ3) is 5.03. The smallest absolute Gasteiger partial charge is 0.247 e. The van der Waals surface area contributed by atoms with Crippen LogP contribution in [0.5, 0.6) is 0 Å². The second-order valence-corrected chi connectivity index (χ2v) is 12.2. The van der Waals surface area contributed by atoms with Crippen molar-refractivity contribution in [1.82, 2.24) is 4.31 Å². The van der Waals surface area contributed by atoms with Crippen LogP contribution in [0.25, 0.3) is 0 Å². The number of hydrogen-bond acceptors (Lipinski definition) is 6. The van der Waals surface area contributed by atoms with Gasteiger partial charge in [0.15, 0.2) is 0 Å². The van der Waals surface area contributed by atoms with E-state index in [0.717, 1.165) is 35.5 Å². The molecule has 4 N–H and O–H groups in total. The molecular formula is C26H35N5O3S. The van der Waals surface area contributed by atoms with E-state index >= 15 is 0 Å². The fourth-order valence-electron chi connectivity index (χ4n) is 5.52. The number of amides is 1. The molecule has 1 aliphatic carbocycles. The number of sulfonamides is 1. The van der Waals surface area contributed by atoms with Gasteiger partial charge in [-0.1, -0.05) is 24.3 Å². The van der Waals surface area contributed by atoms with Crippen molar-refractivity contribution in [2.45, 2.75) is 56.4 Å². The first-order valence-electron chi connectivity index (χ1n) is 12.6. The topological polar surface area (TPSA) is 108 Å². The zero-order chi connectivity index (χ0) is 24.6. The summed E-state index contributed by atoms with van der Waals surface area (Å²) in [7, 11) is -3.29. The lowest BCUT2D eigenvalue weighted by Crippen LogP contribution is -2.52. The maximum Gasteiger partial charge on any atom is 0.247 e. The lowest BCUT2D eigenvalue weighted by molar-refractivity contribution is -0.116. The highest BCUT2D eigenvalue weighted by Gasteiger charge is 2.36. The molecule has 0 aromatic heterocycles. The number of anilines is 3. The molecule has 2 heterocycles. The Labute approximate surface area is 207 Å². The van der Waals surface area contributed by atoms with Crippen LogP contribution in [0.3, 0.4) is 0 Å². The summed E-state index contributed by atoms with van der Waals surface area (Å²) in [6.45, 7) is 4.25. The standard InChI is InChI=1S/C26H35N5O3S/c1-18-4-2-5-19-16-24(29-25(18)19)26(32)28-21-6-3-7-22(17-21)30-12-14-31(15-13-30)35(33,34)23-10-8-20(27)9-11-23/h2-7,17,20,23-24,29H,8-16,27H2,1H3,(H,28,32). The molecule has 2 aliphatic heterocycles. The van der Waals surface area contributed by atoms with E-state index in [2.05, 4.69) is 21.6 Å². The number of piperazine rings is 1. The molecule has 1 saturated heterocycles. The summed E-state index contributed by atoms with van der Waals surface area (Å²) < 4.78 is 27.9. The summed E-state index contributed by atoms with van der Waals surface area (Å²) in [4.78, 5) is 15.1. The highest BCUT2D eigenvalue weighted by Crippen LogP contribution is 2.30. The van der Waals surface area contributed by atoms with Crippen LogP contribution in [0.2, 0.25) is 0 Å². The fourth-order valence-corrected chi connectivity index (χ4v) is 7.48. The summed E-state index contributed by atoms with van der Waals surface area (Å²) in [6, 6.07) is 13.8. The van der Waals surface area contributed by atoms with Crippen molar-refractivity contribution in [2.75, 3.05) is 41.7 Å². The highest BCUT2D eigenvalue weighted by atomic mass is 32.2. The van der Waals surface area contributed by atoms with Crippen molar-refractivity contribution in [3.05, 3.63) is 53.6 Å². The molecule has 8 nitrogen and oxygen atoms in total. The number of nitrogens with one attached hydrogen (secondary N) is 2. The van der Waals surface area contributed by atoms with Gasteiger partial charge in [0.2, 0.25) is 15.9 Å². The van der Waals surface area contributed by atoms with E-state index in [-0.39, 0.29) is 23.2 Å². The Morgan fingerprint density at radius 1 is 1.03 bits per heavy atom. The average Bonchev–Trinajstić information content (AvgIpc) is 3.31. The normalized spacial score (nSPS) is 25.1. The first kappa shape index (κ1) is 24.1. The summed E-state index contributed by atoms with van der Waals surface area (Å²) in [5, 5.41) is 6.11. The molecule has 9 heteroatoms. The third-order valence-corrected chi connectivity index (χ3v) is 10.0. The number of hydrogen-bond donors (Lipinski definition) is 3. The van der Waals surface area contributed by atoms with Crippen LogP contribution in [0.4, 0.5) is 17.1 Å². The van der Waals surface area contributed by atoms with Crippen LogP contribution < -0.4 is 21.3 Å². The average molecular weight is 498 g/mol. The van der Waals surface area contributed by atoms with Crippen molar-refractivity contribution >= 4 is 33.0 Å². The van der Waals surface area contributed by atoms with Gasteiger partial charge in [0.25, 0.3) is 0 Å². The Balaban J connectivity index is 1.18. The summed E-state index contributed by atoms with van der Waals surface area (Å²) >= 11 is 0. The van der Waals surface area contributed by atoms with Gasteiger partial charge in [-0.05, 0) is 61.9 Å². The van der Waals surface area contributed by atoms with Crippen molar-refractivity contribution in [2.24, 2.45) is 5.73 Å². The molecule has 2 fully saturated rings. The number of nitrogens with two attached hydrogens (primary N) is 1. The van der Waals surface area contributed by atoms with Gasteiger partial charge in [0, 0.05) is 55.7 Å². The zero-order valence-corrected chi connectivity index (χ0v) is 21.1. The Kier molecular flexibility index (Phi) is 6.74. The van der Waals surface area contributed by atoms with E-state index in [0.29, 0.717) is 45.4 Å². The second kappa shape index (κ2) is 9.79. The maximum atomic E-state index is 13.1. The molecule has 35 heavy (non-hydrogen) atoms. The summed E-state index contributed by atoms with van der Waals surface area (Å²) in [5.41, 5.74) is 11.1. The fraction of sp³-hybridized carbons (Fsp3) is 0.500. The number of carbonyl (C=O) groups excluding carboxylic acids is 1. The van der Waals surface area contributed by atoms with Crippen molar-refractivity contribution < 1.29 is 13.2 Å². The highest BCUT2D eigenvalue weighted by molar-refractivity contribution is 7.89. The number of nitrogens with zero attached hydrogens (tertiary/aromatic N) is 2. The van der Waals surface area contributed by atoms with Gasteiger partial charge < -0.3 is 21.3 Å². The number of carbonyl (C=O) groups is 1. The van der Waals surface area contributed by atoms with E-state index in [9.17, 15) is 13.2 Å². The zero-order valence-electron chi connectivity index (χ0n) is 20.2. The van der Waals surface area contributed by atoms with Gasteiger partial charge in [-0.2, -0.15) is 4.31 Å². The number of aryl methyl sites for hydroxylation is 1. The van der Waals surface area contributed by atoms with Crippen LogP contribution in [-0.2, 0) is 21.2 Å². The molecule has 0 spiro atoms. The minimum absolute atomic E-state index is 0.0548. The number of fused-ring (bicyclic) bond motifs is 1. The molecule has 1 amide bonds. The number of para-hydroxylation sites is 1. The van der Waals surface area contributed by atoms with Crippen LogP contribution in [0.1, 0.15) is 36.8 Å². The molecule has 2 aromatic carbocycles. The van der Waals surface area contributed by atoms with E-state index in [1.165, 1.54) is 5.56 Å². The minimum Gasteiger partial charge on any atom is -0.373 e. The number of rotatable bonds is 5. The predicted octanol–water partition coefficient (Wildman–Crippen LogP) is 2.69. The van der Waals surface area contributed by atoms with Crippen LogP contribution in [0.15, 0.2) is 42.5 Å². The van der Waals surface area contributed by atoms with Gasteiger partial charge in [-0.25, -0.2) is 8.42 Å². The van der Waals surface area contributed by atoms with E-state index < -0.39 is 10.0 Å². The molecule has 3 aliphatic rings. The molecular weight excluding hydrogens is 462 g/mol. The van der Waals surface area contributed by atoms with Crippen LogP contribution in [0, 0.1) is 6.92 Å². The van der Waals surface area contributed by atoms with Gasteiger partial charge in [-0.3, -0.25) is 4.79 Å². The summed E-state index contributed by atoms with van der Waals surface area (Å²) in [5.74, 6) is -0.0548. The van der Waals surface area contributed by atoms with E-state index in [1.54, 1.807) is 4.31 Å². The minimum atomic E-state index is -3.29. The maximum absolute atomic E-state index is 13.1. The molecule has 1 atom stereocenters. The molecule has 5 rings (SSSR count).